The van der Waals surface area contributed by atoms with Crippen molar-refractivity contribution in [2.24, 2.45) is 0 Å². The van der Waals surface area contributed by atoms with Crippen LogP contribution in [-0.2, 0) is 4.79 Å². The SMILES string of the molecule is CC(c1ccc(Br)s1)N1CCN(CC(=O)O)CC1. The van der Waals surface area contributed by atoms with Gasteiger partial charge in [-0.25, -0.2) is 0 Å². The fourth-order valence-corrected chi connectivity index (χ4v) is 3.74. The number of carboxylic acid groups (broad SMARTS) is 1. The lowest BCUT2D eigenvalue weighted by Crippen LogP contribution is -2.48. The monoisotopic (exact) mass is 332 g/mol. The molecule has 0 aliphatic carbocycles. The standard InChI is InChI=1S/C12H17BrN2O2S/c1-9(10-2-3-11(13)18-10)15-6-4-14(5-7-15)8-12(16)17/h2-3,9H,4-8H2,1H3,(H,16,17). The van der Waals surface area contributed by atoms with Crippen molar-refractivity contribution in [1.29, 1.82) is 0 Å². The van der Waals surface area contributed by atoms with Crippen LogP contribution >= 0.6 is 27.3 Å². The van der Waals surface area contributed by atoms with Crippen molar-refractivity contribution in [3.63, 3.8) is 0 Å². The number of carboxylic acids is 1. The molecule has 100 valence electrons. The second kappa shape index (κ2) is 6.14. The highest BCUT2D eigenvalue weighted by molar-refractivity contribution is 9.11. The van der Waals surface area contributed by atoms with Crippen LogP contribution in [0.5, 0.6) is 0 Å². The molecule has 4 nitrogen and oxygen atoms in total. The van der Waals surface area contributed by atoms with E-state index in [1.165, 1.54) is 4.88 Å². The van der Waals surface area contributed by atoms with Gasteiger partial charge in [-0.05, 0) is 35.0 Å². The molecule has 2 rings (SSSR count). The zero-order valence-electron chi connectivity index (χ0n) is 10.3. The summed E-state index contributed by atoms with van der Waals surface area (Å²) in [5, 5.41) is 8.76. The molecule has 1 aromatic rings. The largest absolute Gasteiger partial charge is 0.480 e. The van der Waals surface area contributed by atoms with Gasteiger partial charge in [0.05, 0.1) is 10.3 Å². The number of halogens is 1. The zero-order chi connectivity index (χ0) is 13.1. The Morgan fingerprint density at radius 3 is 2.61 bits per heavy atom. The second-order valence-corrected chi connectivity index (χ2v) is 7.02. The summed E-state index contributed by atoms with van der Waals surface area (Å²) in [6.07, 6.45) is 0. The van der Waals surface area contributed by atoms with Gasteiger partial charge in [0.15, 0.2) is 0 Å². The zero-order valence-corrected chi connectivity index (χ0v) is 12.7. The number of carbonyl (C=O) groups is 1. The van der Waals surface area contributed by atoms with Gasteiger partial charge in [-0.2, -0.15) is 0 Å². The molecular formula is C12H17BrN2O2S. The smallest absolute Gasteiger partial charge is 0.317 e. The molecular weight excluding hydrogens is 316 g/mol. The molecule has 1 atom stereocenters. The lowest BCUT2D eigenvalue weighted by atomic mass is 10.2. The van der Waals surface area contributed by atoms with Crippen LogP contribution in [0.25, 0.3) is 0 Å². The molecule has 0 amide bonds. The van der Waals surface area contributed by atoms with Crippen molar-refractivity contribution in [2.75, 3.05) is 32.7 Å². The summed E-state index contributed by atoms with van der Waals surface area (Å²) in [5.74, 6) is -0.737. The molecule has 1 fully saturated rings. The molecule has 0 saturated carbocycles. The summed E-state index contributed by atoms with van der Waals surface area (Å²) in [6.45, 7) is 5.91. The normalized spacial score (nSPS) is 19.9. The lowest BCUT2D eigenvalue weighted by Gasteiger charge is -2.37. The fourth-order valence-electron chi connectivity index (χ4n) is 2.23. The molecule has 0 radical (unpaired) electrons. The van der Waals surface area contributed by atoms with Gasteiger partial charge in [-0.15, -0.1) is 11.3 Å². The Morgan fingerprint density at radius 2 is 2.11 bits per heavy atom. The van der Waals surface area contributed by atoms with E-state index in [0.717, 1.165) is 30.0 Å². The first-order valence-electron chi connectivity index (χ1n) is 5.99. The van der Waals surface area contributed by atoms with Crippen molar-refractivity contribution in [3.8, 4) is 0 Å². The van der Waals surface area contributed by atoms with E-state index in [9.17, 15) is 4.79 Å². The van der Waals surface area contributed by atoms with Gasteiger partial charge in [0.1, 0.15) is 0 Å². The van der Waals surface area contributed by atoms with Crippen molar-refractivity contribution in [3.05, 3.63) is 20.8 Å². The fraction of sp³-hybridized carbons (Fsp3) is 0.583. The maximum atomic E-state index is 10.6. The first kappa shape index (κ1) is 14.0. The summed E-state index contributed by atoms with van der Waals surface area (Å²) in [5.41, 5.74) is 0. The van der Waals surface area contributed by atoms with Crippen LogP contribution in [0.1, 0.15) is 17.8 Å². The summed E-state index contributed by atoms with van der Waals surface area (Å²) >= 11 is 5.26. The molecule has 1 saturated heterocycles. The van der Waals surface area contributed by atoms with E-state index in [0.29, 0.717) is 6.04 Å². The molecule has 0 aromatic carbocycles. The van der Waals surface area contributed by atoms with E-state index < -0.39 is 5.97 Å². The van der Waals surface area contributed by atoms with E-state index >= 15 is 0 Å². The van der Waals surface area contributed by atoms with Crippen LogP contribution in [0.2, 0.25) is 0 Å². The average Bonchev–Trinajstić information content (AvgIpc) is 2.75. The quantitative estimate of drug-likeness (QED) is 0.918. The van der Waals surface area contributed by atoms with Crippen molar-refractivity contribution in [2.45, 2.75) is 13.0 Å². The molecule has 1 aliphatic rings. The third-order valence-corrected chi connectivity index (χ3v) is 5.11. The molecule has 18 heavy (non-hydrogen) atoms. The minimum Gasteiger partial charge on any atom is -0.480 e. The number of rotatable bonds is 4. The maximum absolute atomic E-state index is 10.6. The van der Waals surface area contributed by atoms with Crippen LogP contribution in [0.4, 0.5) is 0 Å². The molecule has 2 heterocycles. The van der Waals surface area contributed by atoms with Crippen molar-refractivity contribution < 1.29 is 9.90 Å². The van der Waals surface area contributed by atoms with Crippen molar-refractivity contribution >= 4 is 33.2 Å². The lowest BCUT2D eigenvalue weighted by molar-refractivity contribution is -0.138. The molecule has 1 aromatic heterocycles. The van der Waals surface area contributed by atoms with Gasteiger partial charge in [0, 0.05) is 37.1 Å². The van der Waals surface area contributed by atoms with Crippen LogP contribution in [-0.4, -0.2) is 53.6 Å². The van der Waals surface area contributed by atoms with Gasteiger partial charge in [0.25, 0.3) is 0 Å². The molecule has 1 aliphatic heterocycles. The van der Waals surface area contributed by atoms with Crippen LogP contribution in [0, 0.1) is 0 Å². The van der Waals surface area contributed by atoms with Gasteiger partial charge in [0.2, 0.25) is 0 Å². The number of thiophene rings is 1. The third kappa shape index (κ3) is 3.54. The maximum Gasteiger partial charge on any atom is 0.317 e. The first-order valence-corrected chi connectivity index (χ1v) is 7.60. The summed E-state index contributed by atoms with van der Waals surface area (Å²) in [4.78, 5) is 16.4. The van der Waals surface area contributed by atoms with Gasteiger partial charge >= 0.3 is 5.97 Å². The summed E-state index contributed by atoms with van der Waals surface area (Å²) in [7, 11) is 0. The Hall–Kier alpha value is -0.430. The van der Waals surface area contributed by atoms with E-state index in [4.69, 9.17) is 5.11 Å². The van der Waals surface area contributed by atoms with Gasteiger partial charge in [-0.1, -0.05) is 0 Å². The average molecular weight is 333 g/mol. The Kier molecular flexibility index (Phi) is 4.77. The number of hydrogen-bond donors (Lipinski definition) is 1. The highest BCUT2D eigenvalue weighted by Gasteiger charge is 2.23. The van der Waals surface area contributed by atoms with E-state index in [-0.39, 0.29) is 6.54 Å². The van der Waals surface area contributed by atoms with Gasteiger partial charge in [-0.3, -0.25) is 14.6 Å². The Labute approximate surface area is 119 Å². The predicted octanol–water partition coefficient (Wildman–Crippen LogP) is 2.27. The Bertz CT molecular complexity index is 416. The third-order valence-electron chi connectivity index (χ3n) is 3.32. The summed E-state index contributed by atoms with van der Waals surface area (Å²) in [6, 6.07) is 4.65. The van der Waals surface area contributed by atoms with Gasteiger partial charge < -0.3 is 5.11 Å². The molecule has 6 heteroatoms. The number of piperazine rings is 1. The first-order chi connectivity index (χ1) is 8.56. The van der Waals surface area contributed by atoms with Crippen LogP contribution in [0.15, 0.2) is 15.9 Å². The van der Waals surface area contributed by atoms with E-state index in [2.05, 4.69) is 39.9 Å². The Balaban J connectivity index is 1.87. The topological polar surface area (TPSA) is 43.8 Å². The highest BCUT2D eigenvalue weighted by Crippen LogP contribution is 2.30. The molecule has 0 bridgehead atoms. The minimum absolute atomic E-state index is 0.159. The number of nitrogens with zero attached hydrogens (tertiary/aromatic N) is 2. The second-order valence-electron chi connectivity index (χ2n) is 4.52. The summed E-state index contributed by atoms with van der Waals surface area (Å²) < 4.78 is 1.16. The minimum atomic E-state index is -0.737. The molecule has 1 unspecified atom stereocenters. The van der Waals surface area contributed by atoms with E-state index in [1.54, 1.807) is 11.3 Å². The molecule has 0 spiro atoms. The molecule has 1 N–H and O–H groups in total. The highest BCUT2D eigenvalue weighted by atomic mass is 79.9. The number of hydrogen-bond acceptors (Lipinski definition) is 4. The van der Waals surface area contributed by atoms with E-state index in [1.807, 2.05) is 4.90 Å². The van der Waals surface area contributed by atoms with Crippen LogP contribution in [0.3, 0.4) is 0 Å². The predicted molar refractivity (Wildman–Crippen MR) is 76.1 cm³/mol. The number of aliphatic carboxylic acids is 1. The Morgan fingerprint density at radius 1 is 1.44 bits per heavy atom. The van der Waals surface area contributed by atoms with Crippen molar-refractivity contribution in [1.82, 2.24) is 9.80 Å². The van der Waals surface area contributed by atoms with Crippen LogP contribution < -0.4 is 0 Å².